The lowest BCUT2D eigenvalue weighted by molar-refractivity contribution is 0.629. The van der Waals surface area contributed by atoms with E-state index in [4.69, 9.17) is 0 Å². The lowest BCUT2D eigenvalue weighted by Gasteiger charge is -2.07. The van der Waals surface area contributed by atoms with Crippen LogP contribution in [-0.4, -0.2) is 29.4 Å². The van der Waals surface area contributed by atoms with Gasteiger partial charge in [0.05, 0.1) is 16.6 Å². The van der Waals surface area contributed by atoms with Crippen molar-refractivity contribution < 1.29 is 4.39 Å². The van der Waals surface area contributed by atoms with Gasteiger partial charge < -0.3 is 9.88 Å². The van der Waals surface area contributed by atoms with Gasteiger partial charge in [-0.25, -0.2) is 9.37 Å². The van der Waals surface area contributed by atoms with Crippen molar-refractivity contribution in [2.24, 2.45) is 7.05 Å². The summed E-state index contributed by atoms with van der Waals surface area (Å²) in [5.74, 6) is 1.53. The molecule has 0 amide bonds. The van der Waals surface area contributed by atoms with Gasteiger partial charge in [0.2, 0.25) is 0 Å². The number of aryl methyl sites for hydroxylation is 2. The van der Waals surface area contributed by atoms with E-state index in [1.807, 2.05) is 42.8 Å². The summed E-state index contributed by atoms with van der Waals surface area (Å²) in [6.07, 6.45) is 0. The van der Waals surface area contributed by atoms with Crippen molar-refractivity contribution in [3.8, 4) is 11.4 Å². The van der Waals surface area contributed by atoms with Crippen LogP contribution in [0.25, 0.3) is 28.1 Å². The molecule has 5 rings (SSSR count). The molecule has 138 valence electrons. The highest BCUT2D eigenvalue weighted by molar-refractivity contribution is 5.81. The van der Waals surface area contributed by atoms with Gasteiger partial charge in [0, 0.05) is 12.7 Å². The van der Waals surface area contributed by atoms with Crippen LogP contribution in [0.3, 0.4) is 0 Å². The number of halogens is 1. The van der Waals surface area contributed by atoms with Crippen LogP contribution < -0.4 is 5.32 Å². The van der Waals surface area contributed by atoms with Gasteiger partial charge in [-0.2, -0.15) is 4.52 Å². The van der Waals surface area contributed by atoms with Crippen molar-refractivity contribution in [1.29, 1.82) is 0 Å². The molecule has 3 heterocycles. The van der Waals surface area contributed by atoms with Crippen LogP contribution in [-0.2, 0) is 7.05 Å². The zero-order chi connectivity index (χ0) is 19.3. The quantitative estimate of drug-likeness (QED) is 0.520. The van der Waals surface area contributed by atoms with E-state index in [9.17, 15) is 4.39 Å². The predicted molar refractivity (Wildman–Crippen MR) is 105 cm³/mol. The predicted octanol–water partition coefficient (Wildman–Crippen LogP) is 3.87. The molecule has 0 atom stereocenters. The topological polar surface area (TPSA) is 72.9 Å². The second kappa shape index (κ2) is 6.12. The maximum absolute atomic E-state index is 14.2. The van der Waals surface area contributed by atoms with Gasteiger partial charge in [-0.1, -0.05) is 12.1 Å². The number of nitrogens with zero attached hydrogens (tertiary/aromatic N) is 6. The van der Waals surface area contributed by atoms with Crippen molar-refractivity contribution >= 4 is 28.2 Å². The first-order chi connectivity index (χ1) is 13.6. The number of fused-ring (bicyclic) bond motifs is 2. The number of hydrogen-bond donors (Lipinski definition) is 1. The van der Waals surface area contributed by atoms with Crippen LogP contribution in [0.15, 0.2) is 54.6 Å². The van der Waals surface area contributed by atoms with Crippen LogP contribution in [0.2, 0.25) is 0 Å². The summed E-state index contributed by atoms with van der Waals surface area (Å²) in [5.41, 5.74) is 3.72. The number of rotatable bonds is 3. The lowest BCUT2D eigenvalue weighted by Crippen LogP contribution is -2.01. The Morgan fingerprint density at radius 2 is 1.86 bits per heavy atom. The smallest absolute Gasteiger partial charge is 0.188 e. The van der Waals surface area contributed by atoms with Gasteiger partial charge >= 0.3 is 0 Å². The molecule has 7 nitrogen and oxygen atoms in total. The van der Waals surface area contributed by atoms with Gasteiger partial charge in [-0.15, -0.1) is 15.3 Å². The van der Waals surface area contributed by atoms with Crippen LogP contribution in [0, 0.1) is 12.7 Å². The molecule has 0 fully saturated rings. The summed E-state index contributed by atoms with van der Waals surface area (Å²) in [6, 6.07) is 16.0. The Hall–Kier alpha value is -3.81. The van der Waals surface area contributed by atoms with Gasteiger partial charge in [-0.05, 0) is 49.4 Å². The molecule has 0 aliphatic rings. The molecule has 3 aromatic heterocycles. The molecule has 2 aromatic carbocycles. The number of nitrogens with one attached hydrogen (secondary N) is 1. The van der Waals surface area contributed by atoms with Gasteiger partial charge in [0.25, 0.3) is 0 Å². The van der Waals surface area contributed by atoms with E-state index < -0.39 is 0 Å². The van der Waals surface area contributed by atoms with Crippen molar-refractivity contribution in [2.75, 3.05) is 5.32 Å². The third-order valence-corrected chi connectivity index (χ3v) is 4.75. The Morgan fingerprint density at radius 3 is 2.71 bits per heavy atom. The maximum Gasteiger partial charge on any atom is 0.188 e. The Bertz CT molecular complexity index is 1340. The van der Waals surface area contributed by atoms with Gasteiger partial charge in [0.15, 0.2) is 17.3 Å². The van der Waals surface area contributed by atoms with Crippen molar-refractivity contribution in [3.05, 3.63) is 66.2 Å². The van der Waals surface area contributed by atoms with E-state index in [1.54, 1.807) is 24.3 Å². The summed E-state index contributed by atoms with van der Waals surface area (Å²) in [5, 5.41) is 16.0. The molecule has 5 aromatic rings. The largest absolute Gasteiger partial charge is 0.339 e. The molecule has 1 N–H and O–H groups in total. The first-order valence-electron chi connectivity index (χ1n) is 8.77. The minimum absolute atomic E-state index is 0.352. The summed E-state index contributed by atoms with van der Waals surface area (Å²) in [6.45, 7) is 1.97. The van der Waals surface area contributed by atoms with Crippen LogP contribution in [0.1, 0.15) is 5.82 Å². The fourth-order valence-corrected chi connectivity index (χ4v) is 3.21. The van der Waals surface area contributed by atoms with E-state index >= 15 is 0 Å². The zero-order valence-electron chi connectivity index (χ0n) is 15.3. The summed E-state index contributed by atoms with van der Waals surface area (Å²) >= 11 is 0. The SMILES string of the molecule is Cc1nc2cc(Nc3ccc4nnc(-c5ccccc5F)n4n3)ccc2n1C. The maximum atomic E-state index is 14.2. The molecule has 28 heavy (non-hydrogen) atoms. The highest BCUT2D eigenvalue weighted by atomic mass is 19.1. The molecular weight excluding hydrogens is 357 g/mol. The fourth-order valence-electron chi connectivity index (χ4n) is 3.21. The Balaban J connectivity index is 1.55. The molecule has 8 heteroatoms. The van der Waals surface area contributed by atoms with Gasteiger partial charge in [-0.3, -0.25) is 0 Å². The Kier molecular flexibility index (Phi) is 3.58. The molecule has 0 radical (unpaired) electrons. The lowest BCUT2D eigenvalue weighted by atomic mass is 10.2. The van der Waals surface area contributed by atoms with E-state index in [-0.39, 0.29) is 5.82 Å². The highest BCUT2D eigenvalue weighted by Gasteiger charge is 2.14. The van der Waals surface area contributed by atoms with Crippen molar-refractivity contribution in [1.82, 2.24) is 29.4 Å². The third-order valence-electron chi connectivity index (χ3n) is 4.75. The molecule has 0 aliphatic heterocycles. The molecule has 0 bridgehead atoms. The first-order valence-corrected chi connectivity index (χ1v) is 8.77. The minimum Gasteiger partial charge on any atom is -0.339 e. The number of hydrogen-bond acceptors (Lipinski definition) is 5. The Morgan fingerprint density at radius 1 is 1.00 bits per heavy atom. The molecule has 0 spiro atoms. The molecule has 0 saturated heterocycles. The highest BCUT2D eigenvalue weighted by Crippen LogP contribution is 2.24. The third kappa shape index (κ3) is 2.58. The summed E-state index contributed by atoms with van der Waals surface area (Å²) < 4.78 is 17.8. The molecule has 0 unspecified atom stereocenters. The number of anilines is 2. The molecular formula is C20H16FN7. The van der Waals surface area contributed by atoms with Crippen molar-refractivity contribution in [2.45, 2.75) is 6.92 Å². The Labute approximate surface area is 159 Å². The monoisotopic (exact) mass is 373 g/mol. The first kappa shape index (κ1) is 16.4. The molecule has 0 aliphatic carbocycles. The summed E-state index contributed by atoms with van der Waals surface area (Å²) in [4.78, 5) is 4.56. The van der Waals surface area contributed by atoms with Crippen LogP contribution >= 0.6 is 0 Å². The standard InChI is InChI=1S/C20H16FN7/c1-12-22-16-11-13(7-8-17(16)27(12)2)23-18-9-10-19-24-25-20(28(19)26-18)14-5-3-4-6-15(14)21/h3-11H,1-2H3,(H,23,26). The zero-order valence-corrected chi connectivity index (χ0v) is 15.3. The van der Waals surface area contributed by atoms with E-state index in [0.717, 1.165) is 22.5 Å². The van der Waals surface area contributed by atoms with E-state index in [0.29, 0.717) is 22.9 Å². The molecule has 0 saturated carbocycles. The number of benzene rings is 2. The van der Waals surface area contributed by atoms with Crippen molar-refractivity contribution in [3.63, 3.8) is 0 Å². The van der Waals surface area contributed by atoms with Crippen LogP contribution in [0.4, 0.5) is 15.9 Å². The average Bonchev–Trinajstić information content (AvgIpc) is 3.23. The van der Waals surface area contributed by atoms with E-state index in [2.05, 4.69) is 25.6 Å². The second-order valence-corrected chi connectivity index (χ2v) is 6.54. The second-order valence-electron chi connectivity index (χ2n) is 6.54. The van der Waals surface area contributed by atoms with Gasteiger partial charge in [0.1, 0.15) is 11.6 Å². The summed E-state index contributed by atoms with van der Waals surface area (Å²) in [7, 11) is 1.99. The normalized spacial score (nSPS) is 11.4. The number of imidazole rings is 1. The minimum atomic E-state index is -0.368. The van der Waals surface area contributed by atoms with Crippen LogP contribution in [0.5, 0.6) is 0 Å². The average molecular weight is 373 g/mol. The fraction of sp³-hybridized carbons (Fsp3) is 0.100. The number of aromatic nitrogens is 6. The van der Waals surface area contributed by atoms with E-state index in [1.165, 1.54) is 10.6 Å².